The second kappa shape index (κ2) is 6.23. The van der Waals surface area contributed by atoms with Crippen LogP contribution in [0.4, 0.5) is 5.69 Å². The van der Waals surface area contributed by atoms with E-state index in [0.717, 1.165) is 4.47 Å². The number of hydrogen-bond acceptors (Lipinski definition) is 2. The zero-order chi connectivity index (χ0) is 12.1. The molecule has 0 fully saturated rings. The van der Waals surface area contributed by atoms with Crippen LogP contribution in [0.25, 0.3) is 0 Å². The Morgan fingerprint density at radius 1 is 1.50 bits per heavy atom. The first-order valence-electron chi connectivity index (χ1n) is 4.97. The molecule has 0 aliphatic rings. The van der Waals surface area contributed by atoms with Crippen LogP contribution >= 0.6 is 27.5 Å². The molecule has 1 rings (SSSR count). The van der Waals surface area contributed by atoms with E-state index in [1.54, 1.807) is 12.1 Å². The standard InChI is InChI=1S/C11H14BrClN2O/c1-7(2)14-6-11(16)15-10-4-3-8(12)5-9(10)13/h3-5,7,14H,6H2,1-2H3,(H,15,16). The Morgan fingerprint density at radius 3 is 2.75 bits per heavy atom. The molecule has 0 atom stereocenters. The van der Waals surface area contributed by atoms with Gasteiger partial charge in [0, 0.05) is 10.5 Å². The fourth-order valence-corrected chi connectivity index (χ4v) is 1.80. The monoisotopic (exact) mass is 304 g/mol. The van der Waals surface area contributed by atoms with Gasteiger partial charge in [0.15, 0.2) is 0 Å². The highest BCUT2D eigenvalue weighted by Crippen LogP contribution is 2.25. The zero-order valence-electron chi connectivity index (χ0n) is 9.18. The van der Waals surface area contributed by atoms with Crippen LogP contribution in [0.15, 0.2) is 22.7 Å². The number of carbonyl (C=O) groups excluding carboxylic acids is 1. The Kier molecular flexibility index (Phi) is 5.25. The van der Waals surface area contributed by atoms with E-state index in [2.05, 4.69) is 26.6 Å². The molecule has 2 N–H and O–H groups in total. The molecule has 0 saturated carbocycles. The van der Waals surface area contributed by atoms with E-state index >= 15 is 0 Å². The minimum absolute atomic E-state index is 0.0991. The second-order valence-corrected chi connectivity index (χ2v) is 5.03. The molecular weight excluding hydrogens is 291 g/mol. The highest BCUT2D eigenvalue weighted by atomic mass is 79.9. The molecule has 0 aliphatic carbocycles. The number of hydrogen-bond donors (Lipinski definition) is 2. The molecule has 1 aromatic carbocycles. The van der Waals surface area contributed by atoms with Crippen molar-refractivity contribution in [1.29, 1.82) is 0 Å². The van der Waals surface area contributed by atoms with Crippen molar-refractivity contribution in [2.75, 3.05) is 11.9 Å². The Hall–Kier alpha value is -0.580. The average molecular weight is 306 g/mol. The molecule has 16 heavy (non-hydrogen) atoms. The number of carbonyl (C=O) groups is 1. The Labute approximate surface area is 109 Å². The van der Waals surface area contributed by atoms with Crippen LogP contribution in [0.5, 0.6) is 0 Å². The summed E-state index contributed by atoms with van der Waals surface area (Å²) >= 11 is 9.27. The molecule has 0 heterocycles. The highest BCUT2D eigenvalue weighted by Gasteiger charge is 2.06. The molecule has 88 valence electrons. The van der Waals surface area contributed by atoms with Gasteiger partial charge in [0.25, 0.3) is 0 Å². The molecule has 1 aromatic rings. The van der Waals surface area contributed by atoms with Gasteiger partial charge in [-0.25, -0.2) is 0 Å². The van der Waals surface area contributed by atoms with Gasteiger partial charge in [0.1, 0.15) is 0 Å². The molecule has 1 amide bonds. The van der Waals surface area contributed by atoms with Gasteiger partial charge >= 0.3 is 0 Å². The van der Waals surface area contributed by atoms with Gasteiger partial charge in [0.2, 0.25) is 5.91 Å². The summed E-state index contributed by atoms with van der Waals surface area (Å²) in [5.74, 6) is -0.0991. The summed E-state index contributed by atoms with van der Waals surface area (Å²) < 4.78 is 0.885. The number of benzene rings is 1. The van der Waals surface area contributed by atoms with Crippen molar-refractivity contribution in [3.63, 3.8) is 0 Å². The summed E-state index contributed by atoms with van der Waals surface area (Å²) in [7, 11) is 0. The number of nitrogens with one attached hydrogen (secondary N) is 2. The lowest BCUT2D eigenvalue weighted by molar-refractivity contribution is -0.115. The van der Waals surface area contributed by atoms with Crippen LogP contribution in [0, 0.1) is 0 Å². The third-order valence-electron chi connectivity index (χ3n) is 1.88. The summed E-state index contributed by atoms with van der Waals surface area (Å²) in [5.41, 5.74) is 0.625. The van der Waals surface area contributed by atoms with Crippen molar-refractivity contribution in [2.45, 2.75) is 19.9 Å². The van der Waals surface area contributed by atoms with E-state index in [0.29, 0.717) is 10.7 Å². The average Bonchev–Trinajstić information content (AvgIpc) is 2.19. The van der Waals surface area contributed by atoms with Gasteiger partial charge in [-0.2, -0.15) is 0 Å². The van der Waals surface area contributed by atoms with E-state index in [1.165, 1.54) is 0 Å². The number of rotatable bonds is 4. The fraction of sp³-hybridized carbons (Fsp3) is 0.364. The van der Waals surface area contributed by atoms with E-state index in [9.17, 15) is 4.79 Å². The molecule has 0 bridgehead atoms. The smallest absolute Gasteiger partial charge is 0.238 e. The molecule has 5 heteroatoms. The Morgan fingerprint density at radius 2 is 2.19 bits per heavy atom. The maximum atomic E-state index is 11.5. The van der Waals surface area contributed by atoms with Crippen molar-refractivity contribution >= 4 is 39.1 Å². The first-order valence-corrected chi connectivity index (χ1v) is 6.14. The van der Waals surface area contributed by atoms with Gasteiger partial charge in [-0.1, -0.05) is 41.4 Å². The SMILES string of the molecule is CC(C)NCC(=O)Nc1ccc(Br)cc1Cl. The molecule has 0 radical (unpaired) electrons. The summed E-state index contributed by atoms with van der Waals surface area (Å²) in [4.78, 5) is 11.5. The van der Waals surface area contributed by atoms with Crippen LogP contribution in [0.3, 0.4) is 0 Å². The number of anilines is 1. The fourth-order valence-electron chi connectivity index (χ4n) is 1.08. The predicted molar refractivity (Wildman–Crippen MR) is 70.9 cm³/mol. The van der Waals surface area contributed by atoms with Crippen LogP contribution in [0.2, 0.25) is 5.02 Å². The predicted octanol–water partition coefficient (Wildman–Crippen LogP) is 3.04. The summed E-state index contributed by atoms with van der Waals surface area (Å²) in [6.45, 7) is 4.25. The second-order valence-electron chi connectivity index (χ2n) is 3.71. The first-order chi connectivity index (χ1) is 7.49. The van der Waals surface area contributed by atoms with Gasteiger partial charge in [-0.15, -0.1) is 0 Å². The number of amides is 1. The van der Waals surface area contributed by atoms with Crippen molar-refractivity contribution < 1.29 is 4.79 Å². The van der Waals surface area contributed by atoms with Gasteiger partial charge in [-0.05, 0) is 18.2 Å². The van der Waals surface area contributed by atoms with Crippen molar-refractivity contribution in [1.82, 2.24) is 5.32 Å². The molecule has 0 spiro atoms. The summed E-state index contributed by atoms with van der Waals surface area (Å²) in [6, 6.07) is 5.62. The largest absolute Gasteiger partial charge is 0.324 e. The third kappa shape index (κ3) is 4.51. The minimum atomic E-state index is -0.0991. The zero-order valence-corrected chi connectivity index (χ0v) is 11.5. The van der Waals surface area contributed by atoms with Gasteiger partial charge in [0.05, 0.1) is 17.3 Å². The molecule has 0 aliphatic heterocycles. The minimum Gasteiger partial charge on any atom is -0.324 e. The molecule has 0 aromatic heterocycles. The van der Waals surface area contributed by atoms with Gasteiger partial charge < -0.3 is 10.6 Å². The van der Waals surface area contributed by atoms with Crippen molar-refractivity contribution in [2.24, 2.45) is 0 Å². The summed E-state index contributed by atoms with van der Waals surface area (Å²) in [5, 5.41) is 6.29. The lowest BCUT2D eigenvalue weighted by Gasteiger charge is -2.10. The normalized spacial score (nSPS) is 10.6. The Balaban J connectivity index is 2.56. The topological polar surface area (TPSA) is 41.1 Å². The lowest BCUT2D eigenvalue weighted by Crippen LogP contribution is -2.32. The van der Waals surface area contributed by atoms with E-state index in [-0.39, 0.29) is 18.5 Å². The van der Waals surface area contributed by atoms with Crippen molar-refractivity contribution in [3.05, 3.63) is 27.7 Å². The quantitative estimate of drug-likeness (QED) is 0.898. The maximum Gasteiger partial charge on any atom is 0.238 e. The van der Waals surface area contributed by atoms with E-state index in [4.69, 9.17) is 11.6 Å². The van der Waals surface area contributed by atoms with Crippen molar-refractivity contribution in [3.8, 4) is 0 Å². The van der Waals surface area contributed by atoms with E-state index < -0.39 is 0 Å². The lowest BCUT2D eigenvalue weighted by atomic mass is 10.3. The maximum absolute atomic E-state index is 11.5. The third-order valence-corrected chi connectivity index (χ3v) is 2.68. The molecule has 3 nitrogen and oxygen atoms in total. The molecule has 0 saturated heterocycles. The molecule has 0 unspecified atom stereocenters. The van der Waals surface area contributed by atoms with Gasteiger partial charge in [-0.3, -0.25) is 4.79 Å². The van der Waals surface area contributed by atoms with Crippen LogP contribution < -0.4 is 10.6 Å². The van der Waals surface area contributed by atoms with Crippen LogP contribution in [-0.2, 0) is 4.79 Å². The van der Waals surface area contributed by atoms with Crippen LogP contribution in [-0.4, -0.2) is 18.5 Å². The van der Waals surface area contributed by atoms with Crippen LogP contribution in [0.1, 0.15) is 13.8 Å². The number of halogens is 2. The molecular formula is C11H14BrClN2O. The first kappa shape index (κ1) is 13.5. The summed E-state index contributed by atoms with van der Waals surface area (Å²) in [6.07, 6.45) is 0. The Bertz CT molecular complexity index is 382. The highest BCUT2D eigenvalue weighted by molar-refractivity contribution is 9.10. The van der Waals surface area contributed by atoms with E-state index in [1.807, 2.05) is 19.9 Å².